The molecule has 4 atom stereocenters. The van der Waals surface area contributed by atoms with E-state index in [1.54, 1.807) is 4.90 Å². The summed E-state index contributed by atoms with van der Waals surface area (Å²) in [5, 5.41) is 11.9. The van der Waals surface area contributed by atoms with Crippen LogP contribution in [-0.2, 0) is 33.7 Å². The minimum atomic E-state index is -4.84. The van der Waals surface area contributed by atoms with Crippen LogP contribution in [0.2, 0.25) is 0 Å². The zero-order valence-corrected chi connectivity index (χ0v) is 32.8. The lowest BCUT2D eigenvalue weighted by atomic mass is 10.1. The molecule has 5 N–H and O–H groups in total. The van der Waals surface area contributed by atoms with Gasteiger partial charge < -0.3 is 35.6 Å². The molecule has 2 fully saturated rings. The molecule has 0 saturated carbocycles. The molecule has 2 aliphatic heterocycles. The van der Waals surface area contributed by atoms with Crippen LogP contribution < -0.4 is 21.7 Å². The highest BCUT2D eigenvalue weighted by Crippen LogP contribution is 2.67. The zero-order valence-electron chi connectivity index (χ0n) is 30.3. The number of halogens is 2. The Morgan fingerprint density at radius 2 is 1.84 bits per heavy atom. The Balaban J connectivity index is 1.18. The van der Waals surface area contributed by atoms with Crippen LogP contribution in [0.4, 0.5) is 8.78 Å². The molecule has 4 amide bonds. The predicted molar refractivity (Wildman–Crippen MR) is 206 cm³/mol. The molecule has 0 radical (unpaired) electrons. The Bertz CT molecular complexity index is 2070. The van der Waals surface area contributed by atoms with Crippen LogP contribution in [0.5, 0.6) is 0 Å². The number of hydrogen-bond donors (Lipinski definition) is 4. The largest absolute Gasteiger partial charge is 0.404 e. The van der Waals surface area contributed by atoms with Crippen LogP contribution in [0.15, 0.2) is 60.0 Å². The number of nitrogens with one attached hydrogen (secondary N) is 3. The smallest absolute Gasteiger partial charge is 0.370 e. The molecule has 2 saturated heterocycles. The molecule has 0 aliphatic carbocycles. The molecule has 2 aromatic heterocycles. The number of rotatable bonds is 15. The number of alkyl halides is 2. The van der Waals surface area contributed by atoms with Gasteiger partial charge in [-0.25, -0.2) is 4.98 Å². The number of fused-ring (bicyclic) bond motifs is 2. The molecule has 0 spiro atoms. The predicted octanol–water partition coefficient (Wildman–Crippen LogP) is 5.91. The first-order valence-corrected chi connectivity index (χ1v) is 21.3. The number of thiazole rings is 1. The molecule has 18 heteroatoms. The summed E-state index contributed by atoms with van der Waals surface area (Å²) in [6, 6.07) is 12.0. The van der Waals surface area contributed by atoms with E-state index >= 15 is 8.78 Å². The fraction of sp³-hybridized carbons (Fsp3) is 0.432. The number of primary amides is 1. The van der Waals surface area contributed by atoms with Crippen molar-refractivity contribution in [2.75, 3.05) is 26.3 Å². The summed E-state index contributed by atoms with van der Waals surface area (Å²) in [6.45, 7) is 3.06. The quantitative estimate of drug-likeness (QED) is 0.106. The van der Waals surface area contributed by atoms with E-state index in [4.69, 9.17) is 19.8 Å². The number of carbonyl (C=O) groups excluding carboxylic acids is 4. The lowest BCUT2D eigenvalue weighted by Gasteiger charge is -2.35. The van der Waals surface area contributed by atoms with Crippen LogP contribution >= 0.6 is 30.3 Å². The molecule has 0 unspecified atom stereocenters. The van der Waals surface area contributed by atoms with Gasteiger partial charge in [-0.15, -0.1) is 22.7 Å². The van der Waals surface area contributed by atoms with Crippen molar-refractivity contribution in [3.8, 4) is 11.3 Å². The summed E-state index contributed by atoms with van der Waals surface area (Å²) >= 11 is 2.41. The summed E-state index contributed by atoms with van der Waals surface area (Å²) in [5.41, 5.74) is 2.58. The molecule has 4 aromatic rings. The summed E-state index contributed by atoms with van der Waals surface area (Å²) in [4.78, 5) is 60.1. The second-order valence-electron chi connectivity index (χ2n) is 13.3. The monoisotopic (exact) mass is 816 g/mol. The van der Waals surface area contributed by atoms with E-state index in [1.165, 1.54) is 37.3 Å². The highest BCUT2D eigenvalue weighted by atomic mass is 32.1. The number of carbonyl (C=O) groups is 4. The Kier molecular flexibility index (Phi) is 12.8. The lowest BCUT2D eigenvalue weighted by Crippen LogP contribution is -2.60. The Morgan fingerprint density at radius 3 is 2.55 bits per heavy atom. The van der Waals surface area contributed by atoms with Crippen molar-refractivity contribution in [3.05, 3.63) is 75.4 Å². The van der Waals surface area contributed by atoms with Gasteiger partial charge in [0.15, 0.2) is 0 Å². The second kappa shape index (κ2) is 17.3. The Labute approximate surface area is 324 Å². The fourth-order valence-corrected chi connectivity index (χ4v) is 10.3. The third-order valence-corrected chi connectivity index (χ3v) is 13.8. The minimum Gasteiger partial charge on any atom is -0.370 e. The number of nitrogens with zero attached hydrogens (tertiary/aromatic N) is 2. The van der Waals surface area contributed by atoms with Crippen molar-refractivity contribution in [2.45, 2.75) is 75.8 Å². The van der Waals surface area contributed by atoms with E-state index < -0.39 is 60.6 Å². The molecule has 2 aromatic carbocycles. The maximum absolute atomic E-state index is 15.5. The van der Waals surface area contributed by atoms with Crippen LogP contribution in [-0.4, -0.2) is 77.9 Å². The van der Waals surface area contributed by atoms with Crippen molar-refractivity contribution in [1.29, 1.82) is 0 Å². The normalized spacial score (nSPS) is 19.7. The maximum Gasteiger partial charge on any atom is 0.404 e. The molecular formula is C37H43F2N6O7PS2. The van der Waals surface area contributed by atoms with Crippen LogP contribution in [0, 0.1) is 0 Å². The molecule has 0 bridgehead atoms. The van der Waals surface area contributed by atoms with E-state index in [9.17, 15) is 23.7 Å². The number of benzene rings is 2. The van der Waals surface area contributed by atoms with Gasteiger partial charge in [-0.2, -0.15) is 8.78 Å². The Hall–Kier alpha value is -4.12. The molecule has 13 nitrogen and oxygen atoms in total. The molecular weight excluding hydrogens is 774 g/mol. The van der Waals surface area contributed by atoms with E-state index in [-0.39, 0.29) is 43.5 Å². The van der Waals surface area contributed by atoms with Gasteiger partial charge in [-0.3, -0.25) is 23.7 Å². The number of amides is 4. The van der Waals surface area contributed by atoms with Crippen LogP contribution in [0.25, 0.3) is 21.3 Å². The molecule has 2 aliphatic rings. The maximum atomic E-state index is 15.5. The molecule has 55 heavy (non-hydrogen) atoms. The summed E-state index contributed by atoms with van der Waals surface area (Å²) < 4.78 is 54.4. The van der Waals surface area contributed by atoms with Gasteiger partial charge in [0.2, 0.25) is 17.7 Å². The average Bonchev–Trinajstić information content (AvgIpc) is 3.93. The van der Waals surface area contributed by atoms with Crippen LogP contribution in [0.3, 0.4) is 0 Å². The van der Waals surface area contributed by atoms with Crippen molar-refractivity contribution in [1.82, 2.24) is 25.8 Å². The fourth-order valence-electron chi connectivity index (χ4n) is 6.92. The van der Waals surface area contributed by atoms with E-state index in [0.717, 1.165) is 34.7 Å². The topological polar surface area (TPSA) is 182 Å². The number of thiophene rings is 1. The molecule has 294 valence electrons. The van der Waals surface area contributed by atoms with E-state index in [2.05, 4.69) is 16.0 Å². The molecule has 6 rings (SSSR count). The summed E-state index contributed by atoms with van der Waals surface area (Å²) in [7, 11) is -4.84. The SMILES string of the molecule is CCOP(=O)(OCC)C(F)(F)c1ccc2sc(C(=O)N[C@H]3CNCC[C@H]4CC[C@@H](C(=O)N[C@@H](CCC(N)=O)c5nc(-c6ccccc6)cs5)N4C3=O)cc2c1. The highest BCUT2D eigenvalue weighted by Gasteiger charge is 2.55. The average molecular weight is 817 g/mol. The van der Waals surface area contributed by atoms with Crippen molar-refractivity contribution in [3.63, 3.8) is 0 Å². The highest BCUT2D eigenvalue weighted by molar-refractivity contribution is 7.54. The zero-order chi connectivity index (χ0) is 39.3. The van der Waals surface area contributed by atoms with Gasteiger partial charge in [0.1, 0.15) is 17.1 Å². The standard InChI is InChI=1S/C37H43F2N6O7PS2/c1-3-51-53(50,52-4-2)37(38,39)24-10-14-30-23(18-24)19-31(55-30)34(48)43-27-20-41-17-16-25-11-13-29(45(25)36(27)49)33(47)42-26(12-15-32(40)46)35-44-28(21-54-35)22-8-6-5-7-9-22/h5-10,14,18-19,21,25-27,29,41H,3-4,11-13,15-17,20H2,1-2H3,(H2,40,46)(H,42,47)(H,43,48)/t25-,26+,27+,29+/m1/s1. The van der Waals surface area contributed by atoms with Crippen molar-refractivity contribution in [2.24, 2.45) is 5.73 Å². The van der Waals surface area contributed by atoms with Gasteiger partial charge in [-0.05, 0) is 69.7 Å². The van der Waals surface area contributed by atoms with Gasteiger partial charge in [0.25, 0.3) is 5.91 Å². The lowest BCUT2D eigenvalue weighted by molar-refractivity contribution is -0.142. The number of nitrogens with two attached hydrogens (primary N) is 1. The van der Waals surface area contributed by atoms with Crippen molar-refractivity contribution >= 4 is 64.0 Å². The first-order chi connectivity index (χ1) is 26.3. The third kappa shape index (κ3) is 8.82. The van der Waals surface area contributed by atoms with Gasteiger partial charge in [-0.1, -0.05) is 36.4 Å². The molecule has 4 heterocycles. The second-order valence-corrected chi connectivity index (χ2v) is 17.3. The number of hydrogen-bond acceptors (Lipinski definition) is 11. The van der Waals surface area contributed by atoms with Gasteiger partial charge in [0, 0.05) is 40.2 Å². The van der Waals surface area contributed by atoms with Crippen molar-refractivity contribution < 1.29 is 41.6 Å². The Morgan fingerprint density at radius 1 is 1.09 bits per heavy atom. The minimum absolute atomic E-state index is 0.0176. The first kappa shape index (κ1) is 40.5. The van der Waals surface area contributed by atoms with E-state index in [1.807, 2.05) is 35.7 Å². The first-order valence-electron chi connectivity index (χ1n) is 18.1. The third-order valence-electron chi connectivity index (χ3n) is 9.58. The summed E-state index contributed by atoms with van der Waals surface area (Å²) in [5.74, 6) is -1.93. The van der Waals surface area contributed by atoms with Gasteiger partial charge >= 0.3 is 13.3 Å². The van der Waals surface area contributed by atoms with Gasteiger partial charge in [0.05, 0.1) is 29.8 Å². The van der Waals surface area contributed by atoms with Crippen LogP contribution in [0.1, 0.15) is 72.2 Å². The summed E-state index contributed by atoms with van der Waals surface area (Å²) in [6.07, 6.45) is 1.83. The number of aromatic nitrogens is 1. The van der Waals surface area contributed by atoms with E-state index in [0.29, 0.717) is 40.9 Å².